The Morgan fingerprint density at radius 1 is 1.28 bits per heavy atom. The van der Waals surface area contributed by atoms with Crippen molar-refractivity contribution in [2.24, 2.45) is 4.99 Å². The van der Waals surface area contributed by atoms with E-state index >= 15 is 0 Å². The van der Waals surface area contributed by atoms with Crippen molar-refractivity contribution in [1.29, 1.82) is 0 Å². The van der Waals surface area contributed by atoms with Crippen LogP contribution in [0.4, 0.5) is 5.00 Å². The number of aryl methyl sites for hydroxylation is 1. The number of piperazine rings is 1. The highest BCUT2D eigenvalue weighted by molar-refractivity contribution is 14.0. The first kappa shape index (κ1) is 20.0. The second-order valence-corrected chi connectivity index (χ2v) is 6.71. The van der Waals surface area contributed by atoms with Crippen LogP contribution in [0.25, 0.3) is 0 Å². The van der Waals surface area contributed by atoms with E-state index in [0.717, 1.165) is 58.2 Å². The molecular weight excluding hydrogens is 447 g/mol. The van der Waals surface area contributed by atoms with Crippen LogP contribution in [0.3, 0.4) is 0 Å². The zero-order valence-corrected chi connectivity index (χ0v) is 17.8. The molecule has 0 aromatic carbocycles. The summed E-state index contributed by atoms with van der Waals surface area (Å²) in [4.78, 5) is 9.64. The van der Waals surface area contributed by atoms with Gasteiger partial charge in [-0.05, 0) is 36.9 Å². The molecule has 8 heteroatoms. The number of nitrogens with one attached hydrogen (secondary N) is 1. The Labute approximate surface area is 170 Å². The number of rotatable bonds is 6. The maximum absolute atomic E-state index is 4.80. The second-order valence-electron chi connectivity index (χ2n) is 5.78. The summed E-state index contributed by atoms with van der Waals surface area (Å²) in [6.45, 7) is 8.92. The van der Waals surface area contributed by atoms with Crippen molar-refractivity contribution in [3.8, 4) is 0 Å². The first-order chi connectivity index (χ1) is 11.9. The van der Waals surface area contributed by atoms with Gasteiger partial charge in [0.15, 0.2) is 5.96 Å². The molecule has 138 valence electrons. The molecule has 2 aromatic rings. The Morgan fingerprint density at radius 3 is 2.76 bits per heavy atom. The molecule has 0 amide bonds. The molecule has 0 spiro atoms. The summed E-state index contributed by atoms with van der Waals surface area (Å²) in [5, 5.41) is 11.2. The number of hydrogen-bond donors (Lipinski definition) is 1. The van der Waals surface area contributed by atoms with E-state index in [2.05, 4.69) is 44.7 Å². The van der Waals surface area contributed by atoms with Gasteiger partial charge in [-0.1, -0.05) is 0 Å². The Kier molecular flexibility index (Phi) is 8.53. The van der Waals surface area contributed by atoms with E-state index in [1.54, 1.807) is 0 Å². The lowest BCUT2D eigenvalue weighted by Gasteiger charge is -2.37. The third kappa shape index (κ3) is 5.88. The number of aromatic nitrogens is 2. The lowest BCUT2D eigenvalue weighted by Crippen LogP contribution is -2.52. The first-order valence-corrected chi connectivity index (χ1v) is 9.54. The van der Waals surface area contributed by atoms with Gasteiger partial charge in [0, 0.05) is 58.2 Å². The van der Waals surface area contributed by atoms with Crippen molar-refractivity contribution < 1.29 is 0 Å². The monoisotopic (exact) mass is 474 g/mol. The van der Waals surface area contributed by atoms with Gasteiger partial charge in [-0.2, -0.15) is 5.10 Å². The van der Waals surface area contributed by atoms with Crippen LogP contribution < -0.4 is 10.2 Å². The van der Waals surface area contributed by atoms with Gasteiger partial charge >= 0.3 is 0 Å². The lowest BCUT2D eigenvalue weighted by molar-refractivity contribution is 0.373. The predicted octanol–water partition coefficient (Wildman–Crippen LogP) is 2.74. The minimum Gasteiger partial charge on any atom is -0.360 e. The smallest absolute Gasteiger partial charge is 0.194 e. The summed E-state index contributed by atoms with van der Waals surface area (Å²) < 4.78 is 1.96. The normalized spacial score (nSPS) is 15.2. The van der Waals surface area contributed by atoms with Gasteiger partial charge in [0.25, 0.3) is 0 Å². The molecule has 1 aliphatic heterocycles. The van der Waals surface area contributed by atoms with E-state index < -0.39 is 0 Å². The Morgan fingerprint density at radius 2 is 2.12 bits per heavy atom. The Hall–Kier alpha value is -1.29. The molecule has 3 heterocycles. The summed E-state index contributed by atoms with van der Waals surface area (Å²) >= 11 is 1.82. The highest BCUT2D eigenvalue weighted by Gasteiger charge is 2.20. The first-order valence-electron chi connectivity index (χ1n) is 8.66. The minimum absolute atomic E-state index is 0. The topological polar surface area (TPSA) is 48.7 Å². The molecular formula is C17H27IN6S. The highest BCUT2D eigenvalue weighted by Crippen LogP contribution is 2.22. The number of nitrogens with zero attached hydrogens (tertiary/aromatic N) is 5. The summed E-state index contributed by atoms with van der Waals surface area (Å²) in [5.41, 5.74) is 0. The quantitative estimate of drug-likeness (QED) is 0.303. The van der Waals surface area contributed by atoms with Gasteiger partial charge in [-0.3, -0.25) is 9.67 Å². The lowest BCUT2D eigenvalue weighted by atomic mass is 10.3. The number of anilines is 1. The van der Waals surface area contributed by atoms with E-state index in [-0.39, 0.29) is 24.0 Å². The molecule has 2 aromatic heterocycles. The van der Waals surface area contributed by atoms with Gasteiger partial charge in [0.1, 0.15) is 0 Å². The average Bonchev–Trinajstić information content (AvgIpc) is 3.31. The van der Waals surface area contributed by atoms with Crippen molar-refractivity contribution >= 4 is 46.3 Å². The molecule has 0 aliphatic carbocycles. The van der Waals surface area contributed by atoms with Crippen molar-refractivity contribution in [2.75, 3.05) is 44.2 Å². The van der Waals surface area contributed by atoms with Crippen LogP contribution >= 0.6 is 35.3 Å². The van der Waals surface area contributed by atoms with Crippen molar-refractivity contribution in [2.45, 2.75) is 19.9 Å². The molecule has 0 bridgehead atoms. The molecule has 0 atom stereocenters. The molecule has 0 unspecified atom stereocenters. The van der Waals surface area contributed by atoms with E-state index in [1.807, 2.05) is 34.5 Å². The molecule has 1 saturated heterocycles. The standard InChI is InChI=1S/C17H26N6S.HI/c1-2-18-17(19-7-4-9-23-10-5-8-20-23)22-13-11-21(12-14-22)16-6-3-15-24-16;/h3,5-6,8,10,15H,2,4,7,9,11-14H2,1H3,(H,18,19);1H. The van der Waals surface area contributed by atoms with Gasteiger partial charge < -0.3 is 15.1 Å². The van der Waals surface area contributed by atoms with Crippen LogP contribution in [0.2, 0.25) is 0 Å². The van der Waals surface area contributed by atoms with E-state index in [1.165, 1.54) is 5.00 Å². The maximum Gasteiger partial charge on any atom is 0.194 e. The fourth-order valence-electron chi connectivity index (χ4n) is 2.86. The fraction of sp³-hybridized carbons (Fsp3) is 0.529. The van der Waals surface area contributed by atoms with Crippen LogP contribution in [0, 0.1) is 0 Å². The second kappa shape index (κ2) is 10.6. The van der Waals surface area contributed by atoms with E-state index in [0.29, 0.717) is 0 Å². The molecule has 0 radical (unpaired) electrons. The van der Waals surface area contributed by atoms with E-state index in [4.69, 9.17) is 4.99 Å². The maximum atomic E-state index is 4.80. The molecule has 1 aliphatic rings. The number of aliphatic imine (C=N–C) groups is 1. The zero-order chi connectivity index (χ0) is 16.6. The zero-order valence-electron chi connectivity index (χ0n) is 14.7. The summed E-state index contributed by atoms with van der Waals surface area (Å²) in [6.07, 6.45) is 4.82. The Bertz CT molecular complexity index is 605. The predicted molar refractivity (Wildman–Crippen MR) is 116 cm³/mol. The summed E-state index contributed by atoms with van der Waals surface area (Å²) in [7, 11) is 0. The van der Waals surface area contributed by atoms with Gasteiger partial charge in [-0.15, -0.1) is 35.3 Å². The SMILES string of the molecule is CCNC(=NCCCn1cccn1)N1CCN(c2cccs2)CC1.I. The van der Waals surface area contributed by atoms with Gasteiger partial charge in [0.2, 0.25) is 0 Å². The third-order valence-corrected chi connectivity index (χ3v) is 5.03. The number of guanidine groups is 1. The van der Waals surface area contributed by atoms with Crippen LogP contribution in [-0.4, -0.2) is 59.9 Å². The number of thiophene rings is 1. The van der Waals surface area contributed by atoms with E-state index in [9.17, 15) is 0 Å². The fourth-order valence-corrected chi connectivity index (χ4v) is 3.65. The van der Waals surface area contributed by atoms with Gasteiger partial charge in [0.05, 0.1) is 5.00 Å². The molecule has 0 saturated carbocycles. The molecule has 1 N–H and O–H groups in total. The highest BCUT2D eigenvalue weighted by atomic mass is 127. The largest absolute Gasteiger partial charge is 0.360 e. The van der Waals surface area contributed by atoms with Gasteiger partial charge in [-0.25, -0.2) is 0 Å². The molecule has 3 rings (SSSR count). The number of hydrogen-bond acceptors (Lipinski definition) is 4. The molecule has 6 nitrogen and oxygen atoms in total. The van der Waals surface area contributed by atoms with Crippen molar-refractivity contribution in [3.05, 3.63) is 36.0 Å². The third-order valence-electron chi connectivity index (χ3n) is 4.10. The van der Waals surface area contributed by atoms with Crippen molar-refractivity contribution in [3.63, 3.8) is 0 Å². The molecule has 25 heavy (non-hydrogen) atoms. The summed E-state index contributed by atoms with van der Waals surface area (Å²) in [6, 6.07) is 6.28. The van der Waals surface area contributed by atoms with Crippen LogP contribution in [-0.2, 0) is 6.54 Å². The summed E-state index contributed by atoms with van der Waals surface area (Å²) in [5.74, 6) is 1.05. The van der Waals surface area contributed by atoms with Crippen LogP contribution in [0.5, 0.6) is 0 Å². The van der Waals surface area contributed by atoms with Crippen LogP contribution in [0.15, 0.2) is 41.0 Å². The average molecular weight is 474 g/mol. The minimum atomic E-state index is 0. The molecule has 1 fully saturated rings. The number of halogens is 1. The van der Waals surface area contributed by atoms with Crippen molar-refractivity contribution in [1.82, 2.24) is 20.0 Å². The van der Waals surface area contributed by atoms with Crippen LogP contribution in [0.1, 0.15) is 13.3 Å². The Balaban J connectivity index is 0.00000225.